The van der Waals surface area contributed by atoms with E-state index in [0.717, 1.165) is 49.9 Å². The lowest BCUT2D eigenvalue weighted by molar-refractivity contribution is 0.692. The number of nitrogens with two attached hydrogens (primary N) is 1. The van der Waals surface area contributed by atoms with Gasteiger partial charge in [0.25, 0.3) is 0 Å². The molecule has 106 valence electrons. The third-order valence-electron chi connectivity index (χ3n) is 3.37. The van der Waals surface area contributed by atoms with Crippen LogP contribution < -0.4 is 16.2 Å². The van der Waals surface area contributed by atoms with Gasteiger partial charge in [0.15, 0.2) is 0 Å². The summed E-state index contributed by atoms with van der Waals surface area (Å²) < 4.78 is 0. The summed E-state index contributed by atoms with van der Waals surface area (Å²) in [5.41, 5.74) is 2.65. The molecule has 3 N–H and O–H groups in total. The molecule has 0 unspecified atom stereocenters. The smallest absolute Gasteiger partial charge is 0.145 e. The highest BCUT2D eigenvalue weighted by atomic mass is 15.3. The fourth-order valence-corrected chi connectivity index (χ4v) is 2.24. The second kappa shape index (κ2) is 6.70. The van der Waals surface area contributed by atoms with Crippen molar-refractivity contribution in [3.8, 4) is 0 Å². The highest BCUT2D eigenvalue weighted by molar-refractivity contribution is 5.49. The van der Waals surface area contributed by atoms with Crippen molar-refractivity contribution < 1.29 is 0 Å². The lowest BCUT2D eigenvalue weighted by Crippen LogP contribution is -2.28. The standard InChI is InChI=1S/C14H25N5/c1-3-5-12-16-13(18-15)9-14(17-12)19(8-4-2)10-11-6-7-11/h9,11H,3-8,10,15H2,1-2H3,(H,16,17,18). The summed E-state index contributed by atoms with van der Waals surface area (Å²) in [6, 6.07) is 1.96. The van der Waals surface area contributed by atoms with E-state index in [1.807, 2.05) is 6.07 Å². The minimum absolute atomic E-state index is 0.713. The zero-order valence-corrected chi connectivity index (χ0v) is 12.0. The first-order valence-corrected chi connectivity index (χ1v) is 7.36. The summed E-state index contributed by atoms with van der Waals surface area (Å²) >= 11 is 0. The predicted octanol–water partition coefficient (Wildman–Crippen LogP) is 2.34. The zero-order chi connectivity index (χ0) is 13.7. The molecule has 0 amide bonds. The molecule has 0 atom stereocenters. The molecule has 1 aromatic rings. The van der Waals surface area contributed by atoms with Crippen molar-refractivity contribution in [3.63, 3.8) is 0 Å². The van der Waals surface area contributed by atoms with E-state index < -0.39 is 0 Å². The molecular formula is C14H25N5. The maximum Gasteiger partial charge on any atom is 0.145 e. The number of hydrogen-bond acceptors (Lipinski definition) is 5. The van der Waals surface area contributed by atoms with E-state index in [-0.39, 0.29) is 0 Å². The topological polar surface area (TPSA) is 67.1 Å². The molecule has 0 aliphatic heterocycles. The highest BCUT2D eigenvalue weighted by Gasteiger charge is 2.25. The molecule has 1 saturated carbocycles. The van der Waals surface area contributed by atoms with Gasteiger partial charge in [-0.25, -0.2) is 15.8 Å². The molecule has 1 heterocycles. The van der Waals surface area contributed by atoms with Crippen molar-refractivity contribution in [1.29, 1.82) is 0 Å². The van der Waals surface area contributed by atoms with Gasteiger partial charge in [-0.05, 0) is 31.6 Å². The first kappa shape index (κ1) is 14.1. The van der Waals surface area contributed by atoms with Crippen LogP contribution in [0, 0.1) is 5.92 Å². The summed E-state index contributed by atoms with van der Waals surface area (Å²) in [4.78, 5) is 11.5. The first-order valence-electron chi connectivity index (χ1n) is 7.36. The predicted molar refractivity (Wildman–Crippen MR) is 79.1 cm³/mol. The Labute approximate surface area is 115 Å². The SMILES string of the molecule is CCCc1nc(NN)cc(N(CCC)CC2CC2)n1. The molecule has 0 bridgehead atoms. The van der Waals surface area contributed by atoms with E-state index in [2.05, 4.69) is 29.2 Å². The second-order valence-corrected chi connectivity index (χ2v) is 5.31. The summed E-state index contributed by atoms with van der Waals surface area (Å²) in [5, 5.41) is 0. The van der Waals surface area contributed by atoms with Crippen LogP contribution in [-0.2, 0) is 6.42 Å². The summed E-state index contributed by atoms with van der Waals surface area (Å²) in [6.07, 6.45) is 5.78. The lowest BCUT2D eigenvalue weighted by Gasteiger charge is -2.24. The maximum atomic E-state index is 5.51. The van der Waals surface area contributed by atoms with E-state index >= 15 is 0 Å². The molecule has 5 heteroatoms. The maximum absolute atomic E-state index is 5.51. The van der Waals surface area contributed by atoms with Crippen LogP contribution in [0.1, 0.15) is 45.4 Å². The molecule has 1 fully saturated rings. The van der Waals surface area contributed by atoms with E-state index in [4.69, 9.17) is 10.8 Å². The molecule has 1 aromatic heterocycles. The van der Waals surface area contributed by atoms with Crippen molar-refractivity contribution in [2.75, 3.05) is 23.4 Å². The lowest BCUT2D eigenvalue weighted by atomic mass is 10.3. The molecule has 0 aromatic carbocycles. The van der Waals surface area contributed by atoms with Gasteiger partial charge in [0.2, 0.25) is 0 Å². The fourth-order valence-electron chi connectivity index (χ4n) is 2.24. The molecule has 1 aliphatic carbocycles. The van der Waals surface area contributed by atoms with Gasteiger partial charge in [0.05, 0.1) is 0 Å². The molecule has 19 heavy (non-hydrogen) atoms. The largest absolute Gasteiger partial charge is 0.356 e. The Morgan fingerprint density at radius 3 is 2.68 bits per heavy atom. The van der Waals surface area contributed by atoms with Gasteiger partial charge in [-0.3, -0.25) is 0 Å². The minimum atomic E-state index is 0.713. The summed E-state index contributed by atoms with van der Waals surface area (Å²) in [7, 11) is 0. The Balaban J connectivity index is 2.19. The monoisotopic (exact) mass is 263 g/mol. The number of nitrogens with zero attached hydrogens (tertiary/aromatic N) is 3. The van der Waals surface area contributed by atoms with Gasteiger partial charge in [-0.2, -0.15) is 0 Å². The van der Waals surface area contributed by atoms with Crippen molar-refractivity contribution in [3.05, 3.63) is 11.9 Å². The Morgan fingerprint density at radius 2 is 2.11 bits per heavy atom. The van der Waals surface area contributed by atoms with E-state index in [1.165, 1.54) is 12.8 Å². The van der Waals surface area contributed by atoms with Crippen molar-refractivity contribution >= 4 is 11.6 Å². The zero-order valence-electron chi connectivity index (χ0n) is 12.0. The number of aromatic nitrogens is 2. The van der Waals surface area contributed by atoms with Crippen molar-refractivity contribution in [1.82, 2.24) is 9.97 Å². The number of rotatable bonds is 8. The van der Waals surface area contributed by atoms with Gasteiger partial charge in [0.1, 0.15) is 17.5 Å². The Hall–Kier alpha value is -1.36. The van der Waals surface area contributed by atoms with Crippen LogP contribution >= 0.6 is 0 Å². The molecule has 1 aliphatic rings. The molecule has 0 saturated heterocycles. The van der Waals surface area contributed by atoms with Crippen molar-refractivity contribution in [2.24, 2.45) is 11.8 Å². The average molecular weight is 263 g/mol. The van der Waals surface area contributed by atoms with Crippen LogP contribution in [-0.4, -0.2) is 23.1 Å². The molecule has 2 rings (SSSR count). The van der Waals surface area contributed by atoms with Crippen LogP contribution in [0.3, 0.4) is 0 Å². The Morgan fingerprint density at radius 1 is 1.32 bits per heavy atom. The van der Waals surface area contributed by atoms with Gasteiger partial charge < -0.3 is 10.3 Å². The van der Waals surface area contributed by atoms with Gasteiger partial charge in [-0.15, -0.1) is 0 Å². The van der Waals surface area contributed by atoms with Crippen LogP contribution in [0.2, 0.25) is 0 Å². The van der Waals surface area contributed by atoms with Gasteiger partial charge in [0, 0.05) is 25.6 Å². The summed E-state index contributed by atoms with van der Waals surface area (Å²) in [5.74, 6) is 8.97. The van der Waals surface area contributed by atoms with Crippen LogP contribution in [0.5, 0.6) is 0 Å². The van der Waals surface area contributed by atoms with Crippen LogP contribution in [0.15, 0.2) is 6.07 Å². The fraction of sp³-hybridized carbons (Fsp3) is 0.714. The number of nitrogen functional groups attached to an aromatic ring is 1. The number of hydrazine groups is 1. The second-order valence-electron chi connectivity index (χ2n) is 5.31. The minimum Gasteiger partial charge on any atom is -0.356 e. The van der Waals surface area contributed by atoms with E-state index in [0.29, 0.717) is 5.82 Å². The van der Waals surface area contributed by atoms with Gasteiger partial charge >= 0.3 is 0 Å². The van der Waals surface area contributed by atoms with Gasteiger partial charge in [-0.1, -0.05) is 13.8 Å². The van der Waals surface area contributed by atoms with E-state index in [9.17, 15) is 0 Å². The molecule has 0 radical (unpaired) electrons. The van der Waals surface area contributed by atoms with Crippen LogP contribution in [0.25, 0.3) is 0 Å². The quantitative estimate of drug-likeness (QED) is 0.556. The molecular weight excluding hydrogens is 238 g/mol. The molecule has 5 nitrogen and oxygen atoms in total. The third-order valence-corrected chi connectivity index (χ3v) is 3.37. The first-order chi connectivity index (χ1) is 9.26. The normalized spacial score (nSPS) is 14.5. The molecule has 0 spiro atoms. The highest BCUT2D eigenvalue weighted by Crippen LogP contribution is 2.31. The summed E-state index contributed by atoms with van der Waals surface area (Å²) in [6.45, 7) is 6.50. The third kappa shape index (κ3) is 4.06. The average Bonchev–Trinajstić information content (AvgIpc) is 3.22. The Kier molecular flexibility index (Phi) is 4.96. The number of aryl methyl sites for hydroxylation is 1. The number of nitrogens with one attached hydrogen (secondary N) is 1. The number of hydrogen-bond donors (Lipinski definition) is 2. The van der Waals surface area contributed by atoms with Crippen LogP contribution in [0.4, 0.5) is 11.6 Å². The van der Waals surface area contributed by atoms with E-state index in [1.54, 1.807) is 0 Å². The number of anilines is 2. The Bertz CT molecular complexity index is 403. The van der Waals surface area contributed by atoms with Crippen molar-refractivity contribution in [2.45, 2.75) is 46.0 Å².